The summed E-state index contributed by atoms with van der Waals surface area (Å²) in [6, 6.07) is 0. The first kappa shape index (κ1) is 5.56. The first-order valence-electron chi connectivity index (χ1n) is 1.40. The Balaban J connectivity index is 2.85. The van der Waals surface area contributed by atoms with Gasteiger partial charge in [0.2, 0.25) is 6.41 Å². The second-order valence-corrected chi connectivity index (χ2v) is 0.898. The summed E-state index contributed by atoms with van der Waals surface area (Å²) >= 11 is 3.65. The molecule has 0 saturated heterocycles. The number of carbonyl (C=O) groups is 1. The van der Waals surface area contributed by atoms with E-state index < -0.39 is 0 Å². The van der Waals surface area contributed by atoms with Crippen molar-refractivity contribution in [2.45, 2.75) is 0 Å². The molecule has 0 bridgehead atoms. The van der Waals surface area contributed by atoms with Crippen LogP contribution in [0, 0.1) is 0 Å². The van der Waals surface area contributed by atoms with Crippen molar-refractivity contribution < 1.29 is 4.79 Å². The van der Waals surface area contributed by atoms with Crippen molar-refractivity contribution in [3.05, 3.63) is 11.6 Å². The molecule has 0 rings (SSSR count). The van der Waals surface area contributed by atoms with Crippen LogP contribution in [0.1, 0.15) is 0 Å². The maximum atomic E-state index is 9.37. The van der Waals surface area contributed by atoms with Gasteiger partial charge in [-0.3, -0.25) is 4.79 Å². The zero-order chi connectivity index (χ0) is 4.83. The van der Waals surface area contributed by atoms with Crippen LogP contribution in [-0.4, -0.2) is 6.41 Å². The molecule has 0 atom stereocenters. The molecule has 34 valence electrons. The van der Waals surface area contributed by atoms with Crippen LogP contribution in [0.5, 0.6) is 0 Å². The van der Waals surface area contributed by atoms with Gasteiger partial charge in [-0.15, -0.1) is 12.6 Å². The molecule has 6 heavy (non-hydrogen) atoms. The molecular weight excluding hydrogens is 98.1 g/mol. The van der Waals surface area contributed by atoms with Crippen molar-refractivity contribution in [1.29, 1.82) is 0 Å². The fraction of sp³-hybridized carbons (Fsp3) is 0. The zero-order valence-corrected chi connectivity index (χ0v) is 3.98. The Bertz CT molecular complexity index is 61.8. The molecule has 0 aromatic rings. The van der Waals surface area contributed by atoms with E-state index in [4.69, 9.17) is 0 Å². The lowest BCUT2D eigenvalue weighted by Gasteiger charge is -1.74. The second-order valence-electron chi connectivity index (χ2n) is 0.600. The highest BCUT2D eigenvalue weighted by atomic mass is 32.1. The lowest BCUT2D eigenvalue weighted by atomic mass is 11.0. The number of nitrogens with one attached hydrogen (secondary N) is 1. The van der Waals surface area contributed by atoms with E-state index in [-0.39, 0.29) is 0 Å². The highest BCUT2D eigenvalue weighted by Crippen LogP contribution is 1.67. The van der Waals surface area contributed by atoms with Crippen molar-refractivity contribution >= 4 is 19.0 Å². The zero-order valence-electron chi connectivity index (χ0n) is 3.09. The van der Waals surface area contributed by atoms with Gasteiger partial charge in [0.05, 0.1) is 0 Å². The summed E-state index contributed by atoms with van der Waals surface area (Å²) in [6.45, 7) is 0. The van der Waals surface area contributed by atoms with Crippen LogP contribution >= 0.6 is 12.6 Å². The molecular formula is C3H5NOS. The van der Waals surface area contributed by atoms with Crippen LogP contribution in [0.2, 0.25) is 0 Å². The van der Waals surface area contributed by atoms with E-state index in [2.05, 4.69) is 17.9 Å². The van der Waals surface area contributed by atoms with Crippen LogP contribution in [0.15, 0.2) is 11.6 Å². The predicted octanol–water partition coefficient (Wildman–Crippen LogP) is 0.133. The third-order valence-electron chi connectivity index (χ3n) is 0.239. The van der Waals surface area contributed by atoms with Crippen LogP contribution < -0.4 is 5.32 Å². The third kappa shape index (κ3) is 3.56. The van der Waals surface area contributed by atoms with Gasteiger partial charge in [-0.2, -0.15) is 0 Å². The van der Waals surface area contributed by atoms with Gasteiger partial charge in [0.15, 0.2) is 0 Å². The molecule has 2 nitrogen and oxygen atoms in total. The SMILES string of the molecule is O=CN/C=C\S. The molecule has 1 N–H and O–H groups in total. The normalized spacial score (nSPS) is 8.83. The van der Waals surface area contributed by atoms with Crippen LogP contribution in [0.3, 0.4) is 0 Å². The second kappa shape index (κ2) is 4.56. The number of thiol groups is 1. The monoisotopic (exact) mass is 103 g/mol. The fourth-order valence-electron chi connectivity index (χ4n) is 0.0823. The molecule has 0 fully saturated rings. The Kier molecular flexibility index (Phi) is 4.23. The molecule has 0 aromatic carbocycles. The predicted molar refractivity (Wildman–Crippen MR) is 27.3 cm³/mol. The summed E-state index contributed by atoms with van der Waals surface area (Å²) < 4.78 is 0. The lowest BCUT2D eigenvalue weighted by molar-refractivity contribution is -0.108. The number of hydrogen-bond donors (Lipinski definition) is 2. The number of amides is 1. The van der Waals surface area contributed by atoms with E-state index in [9.17, 15) is 4.79 Å². The van der Waals surface area contributed by atoms with Crippen LogP contribution in [-0.2, 0) is 4.79 Å². The minimum atomic E-state index is 0.576. The number of hydrogen-bond acceptors (Lipinski definition) is 2. The van der Waals surface area contributed by atoms with Crippen LogP contribution in [0.25, 0.3) is 0 Å². The smallest absolute Gasteiger partial charge is 0.211 e. The molecule has 1 amide bonds. The average molecular weight is 103 g/mol. The Hall–Kier alpha value is -0.440. The summed E-state index contributed by atoms with van der Waals surface area (Å²) in [5.74, 6) is 0. The van der Waals surface area contributed by atoms with Gasteiger partial charge in [-0.25, -0.2) is 0 Å². The molecule has 0 heterocycles. The van der Waals surface area contributed by atoms with E-state index in [1.807, 2.05) is 0 Å². The third-order valence-corrected chi connectivity index (χ3v) is 0.388. The van der Waals surface area contributed by atoms with E-state index >= 15 is 0 Å². The van der Waals surface area contributed by atoms with E-state index in [1.165, 1.54) is 11.6 Å². The summed E-state index contributed by atoms with van der Waals surface area (Å²) in [7, 11) is 0. The average Bonchev–Trinajstić information content (AvgIpc) is 1.61. The van der Waals surface area contributed by atoms with Crippen molar-refractivity contribution in [3.63, 3.8) is 0 Å². The van der Waals surface area contributed by atoms with E-state index in [1.54, 1.807) is 0 Å². The summed E-state index contributed by atoms with van der Waals surface area (Å²) in [5, 5.41) is 3.70. The maximum Gasteiger partial charge on any atom is 0.211 e. The van der Waals surface area contributed by atoms with Crippen molar-refractivity contribution in [2.24, 2.45) is 0 Å². The van der Waals surface area contributed by atoms with Crippen molar-refractivity contribution in [2.75, 3.05) is 0 Å². The number of carbonyl (C=O) groups excluding carboxylic acids is 1. The standard InChI is InChI=1S/C3H5NOS/c5-3-4-1-2-6/h1-3,6H,(H,4,5)/b2-1-. The largest absolute Gasteiger partial charge is 0.335 e. The van der Waals surface area contributed by atoms with Crippen molar-refractivity contribution in [3.8, 4) is 0 Å². The molecule has 0 aliphatic carbocycles. The molecule has 0 aliphatic heterocycles. The molecule has 0 aromatic heterocycles. The molecule has 3 heteroatoms. The minimum absolute atomic E-state index is 0.576. The van der Waals surface area contributed by atoms with Gasteiger partial charge >= 0.3 is 0 Å². The van der Waals surface area contributed by atoms with Gasteiger partial charge in [0.25, 0.3) is 0 Å². The van der Waals surface area contributed by atoms with Crippen molar-refractivity contribution in [1.82, 2.24) is 5.32 Å². The Morgan fingerprint density at radius 2 is 2.33 bits per heavy atom. The molecule has 0 aliphatic rings. The highest BCUT2D eigenvalue weighted by Gasteiger charge is 1.56. The van der Waals surface area contributed by atoms with Gasteiger partial charge in [-0.1, -0.05) is 0 Å². The molecule has 0 spiro atoms. The van der Waals surface area contributed by atoms with Gasteiger partial charge in [0, 0.05) is 6.20 Å². The van der Waals surface area contributed by atoms with Gasteiger partial charge < -0.3 is 5.32 Å². The molecule has 0 radical (unpaired) electrons. The number of rotatable bonds is 2. The fourth-order valence-corrected chi connectivity index (χ4v) is 0.168. The summed E-state index contributed by atoms with van der Waals surface area (Å²) in [4.78, 5) is 9.37. The Morgan fingerprint density at radius 3 is 2.50 bits per heavy atom. The Labute approximate surface area is 41.6 Å². The highest BCUT2D eigenvalue weighted by molar-refractivity contribution is 7.83. The first-order valence-corrected chi connectivity index (χ1v) is 1.92. The quantitative estimate of drug-likeness (QED) is 0.377. The molecule has 0 saturated carbocycles. The summed E-state index contributed by atoms with van der Waals surface area (Å²) in [5.41, 5.74) is 0. The lowest BCUT2D eigenvalue weighted by Crippen LogP contribution is -1.96. The Morgan fingerprint density at radius 1 is 1.67 bits per heavy atom. The first-order chi connectivity index (χ1) is 2.91. The van der Waals surface area contributed by atoms with Gasteiger partial charge in [0.1, 0.15) is 0 Å². The topological polar surface area (TPSA) is 29.1 Å². The van der Waals surface area contributed by atoms with E-state index in [0.29, 0.717) is 6.41 Å². The maximum absolute atomic E-state index is 9.37. The van der Waals surface area contributed by atoms with Gasteiger partial charge in [-0.05, 0) is 5.41 Å². The minimum Gasteiger partial charge on any atom is -0.335 e. The van der Waals surface area contributed by atoms with Crippen LogP contribution in [0.4, 0.5) is 0 Å². The van der Waals surface area contributed by atoms with E-state index in [0.717, 1.165) is 0 Å². The molecule has 0 unspecified atom stereocenters. The summed E-state index contributed by atoms with van der Waals surface area (Å²) in [6.07, 6.45) is 2.00.